The summed E-state index contributed by atoms with van der Waals surface area (Å²) >= 11 is 0. The molecule has 0 aromatic heterocycles. The maximum absolute atomic E-state index is 11.5. The van der Waals surface area contributed by atoms with Crippen molar-refractivity contribution in [2.45, 2.75) is 19.4 Å². The van der Waals surface area contributed by atoms with Gasteiger partial charge in [0.15, 0.2) is 5.78 Å². The third-order valence-electron chi connectivity index (χ3n) is 2.26. The van der Waals surface area contributed by atoms with Crippen LogP contribution in [0.1, 0.15) is 13.3 Å². The molecule has 5 heteroatoms. The van der Waals surface area contributed by atoms with E-state index in [1.165, 1.54) is 0 Å². The standard InChI is InChI=1S/C9H16N2O3/c1-2-14-6-5-11-4-3-7(12)8(10)9(11)13/h8H,2-6,10H2,1H3. The molecular formula is C9H16N2O3. The molecule has 1 fully saturated rings. The summed E-state index contributed by atoms with van der Waals surface area (Å²) in [5, 5.41) is 0. The van der Waals surface area contributed by atoms with E-state index in [4.69, 9.17) is 10.5 Å². The van der Waals surface area contributed by atoms with Gasteiger partial charge in [-0.15, -0.1) is 0 Å². The number of hydrogen-bond acceptors (Lipinski definition) is 4. The van der Waals surface area contributed by atoms with E-state index in [1.807, 2.05) is 6.92 Å². The Hall–Kier alpha value is -0.940. The molecule has 14 heavy (non-hydrogen) atoms. The van der Waals surface area contributed by atoms with Crippen LogP contribution in [0, 0.1) is 0 Å². The molecule has 1 aliphatic rings. The second kappa shape index (κ2) is 5.07. The first-order valence-corrected chi connectivity index (χ1v) is 4.81. The van der Waals surface area contributed by atoms with Crippen LogP contribution in [0.3, 0.4) is 0 Å². The lowest BCUT2D eigenvalue weighted by molar-refractivity contribution is -0.142. The van der Waals surface area contributed by atoms with Crippen LogP contribution in [0.25, 0.3) is 0 Å². The number of likely N-dealkylation sites (tertiary alicyclic amines) is 1. The summed E-state index contributed by atoms with van der Waals surface area (Å²) in [6.07, 6.45) is 0.360. The van der Waals surface area contributed by atoms with Gasteiger partial charge in [-0.3, -0.25) is 9.59 Å². The highest BCUT2D eigenvalue weighted by atomic mass is 16.5. The Kier molecular flexibility index (Phi) is 4.03. The van der Waals surface area contributed by atoms with E-state index in [-0.39, 0.29) is 11.7 Å². The SMILES string of the molecule is CCOCCN1CCC(=O)C(N)C1=O. The summed E-state index contributed by atoms with van der Waals surface area (Å²) in [5.74, 6) is -0.441. The molecule has 0 saturated carbocycles. The fourth-order valence-corrected chi connectivity index (χ4v) is 1.39. The van der Waals surface area contributed by atoms with Crippen LogP contribution in [0.2, 0.25) is 0 Å². The van der Waals surface area contributed by atoms with Crippen molar-refractivity contribution in [1.82, 2.24) is 4.90 Å². The Labute approximate surface area is 83.2 Å². The van der Waals surface area contributed by atoms with Gasteiger partial charge in [-0.05, 0) is 6.92 Å². The number of rotatable bonds is 4. The fraction of sp³-hybridized carbons (Fsp3) is 0.778. The minimum atomic E-state index is -0.953. The van der Waals surface area contributed by atoms with Crippen molar-refractivity contribution < 1.29 is 14.3 Å². The van der Waals surface area contributed by atoms with Crippen LogP contribution in [-0.2, 0) is 14.3 Å². The molecule has 1 aliphatic heterocycles. The summed E-state index contributed by atoms with van der Waals surface area (Å²) in [6, 6.07) is -0.953. The summed E-state index contributed by atoms with van der Waals surface area (Å²) in [6.45, 7) is 4.02. The van der Waals surface area contributed by atoms with Crippen molar-refractivity contribution in [2.75, 3.05) is 26.3 Å². The molecule has 1 saturated heterocycles. The zero-order chi connectivity index (χ0) is 10.6. The van der Waals surface area contributed by atoms with Crippen LogP contribution in [-0.4, -0.2) is 48.9 Å². The number of Topliss-reactive ketones (excluding diaryl/α,β-unsaturated/α-hetero) is 1. The van der Waals surface area contributed by atoms with E-state index in [9.17, 15) is 9.59 Å². The number of hydrogen-bond donors (Lipinski definition) is 1. The van der Waals surface area contributed by atoms with Gasteiger partial charge in [0.2, 0.25) is 5.91 Å². The number of ether oxygens (including phenoxy) is 1. The first kappa shape index (κ1) is 11.1. The molecule has 0 bridgehead atoms. The molecule has 0 aromatic rings. The van der Waals surface area contributed by atoms with E-state index in [0.717, 1.165) is 0 Å². The van der Waals surface area contributed by atoms with Crippen LogP contribution >= 0.6 is 0 Å². The molecule has 5 nitrogen and oxygen atoms in total. The predicted octanol–water partition coefficient (Wildman–Crippen LogP) is -0.848. The predicted molar refractivity (Wildman–Crippen MR) is 50.7 cm³/mol. The van der Waals surface area contributed by atoms with Gasteiger partial charge in [0.1, 0.15) is 6.04 Å². The average Bonchev–Trinajstić information content (AvgIpc) is 2.18. The number of nitrogens with two attached hydrogens (primary N) is 1. The van der Waals surface area contributed by atoms with E-state index in [2.05, 4.69) is 0 Å². The lowest BCUT2D eigenvalue weighted by Gasteiger charge is -2.29. The molecule has 1 rings (SSSR count). The second-order valence-corrected chi connectivity index (χ2v) is 3.22. The monoisotopic (exact) mass is 200 g/mol. The summed E-state index contributed by atoms with van der Waals surface area (Å²) in [4.78, 5) is 24.1. The van der Waals surface area contributed by atoms with Gasteiger partial charge in [-0.2, -0.15) is 0 Å². The quantitative estimate of drug-likeness (QED) is 0.474. The molecule has 1 heterocycles. The van der Waals surface area contributed by atoms with E-state index in [0.29, 0.717) is 32.7 Å². The molecule has 1 atom stereocenters. The molecule has 0 aliphatic carbocycles. The van der Waals surface area contributed by atoms with Crippen molar-refractivity contribution in [1.29, 1.82) is 0 Å². The van der Waals surface area contributed by atoms with Gasteiger partial charge in [0.05, 0.1) is 6.61 Å². The van der Waals surface area contributed by atoms with Crippen molar-refractivity contribution >= 4 is 11.7 Å². The second-order valence-electron chi connectivity index (χ2n) is 3.22. The Morgan fingerprint density at radius 3 is 2.93 bits per heavy atom. The Morgan fingerprint density at radius 1 is 1.57 bits per heavy atom. The number of nitrogens with zero attached hydrogens (tertiary/aromatic N) is 1. The Balaban J connectivity index is 2.39. The highest BCUT2D eigenvalue weighted by molar-refractivity contribution is 6.07. The third kappa shape index (κ3) is 2.52. The molecule has 2 N–H and O–H groups in total. The molecular weight excluding hydrogens is 184 g/mol. The van der Waals surface area contributed by atoms with Crippen molar-refractivity contribution in [3.63, 3.8) is 0 Å². The number of amides is 1. The molecule has 1 amide bonds. The van der Waals surface area contributed by atoms with Crippen molar-refractivity contribution in [2.24, 2.45) is 5.73 Å². The van der Waals surface area contributed by atoms with Gasteiger partial charge in [0.25, 0.3) is 0 Å². The first-order valence-electron chi connectivity index (χ1n) is 4.81. The zero-order valence-electron chi connectivity index (χ0n) is 8.36. The number of ketones is 1. The number of carbonyl (C=O) groups is 2. The zero-order valence-corrected chi connectivity index (χ0v) is 8.36. The maximum Gasteiger partial charge on any atom is 0.247 e. The topological polar surface area (TPSA) is 72.6 Å². The largest absolute Gasteiger partial charge is 0.380 e. The van der Waals surface area contributed by atoms with Crippen LogP contribution in [0.15, 0.2) is 0 Å². The minimum absolute atomic E-state index is 0.164. The van der Waals surface area contributed by atoms with Gasteiger partial charge >= 0.3 is 0 Å². The number of carbonyl (C=O) groups excluding carboxylic acids is 2. The highest BCUT2D eigenvalue weighted by Gasteiger charge is 2.31. The van der Waals surface area contributed by atoms with Gasteiger partial charge in [-0.1, -0.05) is 0 Å². The lowest BCUT2D eigenvalue weighted by atomic mass is 10.0. The minimum Gasteiger partial charge on any atom is -0.380 e. The van der Waals surface area contributed by atoms with Gasteiger partial charge < -0.3 is 15.4 Å². The van der Waals surface area contributed by atoms with E-state index < -0.39 is 6.04 Å². The molecule has 0 spiro atoms. The smallest absolute Gasteiger partial charge is 0.247 e. The normalized spacial score (nSPS) is 23.0. The first-order chi connectivity index (χ1) is 6.66. The maximum atomic E-state index is 11.5. The fourth-order valence-electron chi connectivity index (χ4n) is 1.39. The Morgan fingerprint density at radius 2 is 2.29 bits per heavy atom. The van der Waals surface area contributed by atoms with Crippen LogP contribution in [0.5, 0.6) is 0 Å². The van der Waals surface area contributed by atoms with Crippen LogP contribution in [0.4, 0.5) is 0 Å². The third-order valence-corrected chi connectivity index (χ3v) is 2.26. The lowest BCUT2D eigenvalue weighted by Crippen LogP contribution is -2.54. The summed E-state index contributed by atoms with van der Waals surface area (Å²) in [5.41, 5.74) is 5.43. The molecule has 1 unspecified atom stereocenters. The number of piperidine rings is 1. The highest BCUT2D eigenvalue weighted by Crippen LogP contribution is 2.06. The van der Waals surface area contributed by atoms with Crippen molar-refractivity contribution in [3.05, 3.63) is 0 Å². The summed E-state index contributed by atoms with van der Waals surface area (Å²) in [7, 11) is 0. The average molecular weight is 200 g/mol. The molecule has 0 aromatic carbocycles. The van der Waals surface area contributed by atoms with Crippen LogP contribution < -0.4 is 5.73 Å². The van der Waals surface area contributed by atoms with Crippen molar-refractivity contribution in [3.8, 4) is 0 Å². The van der Waals surface area contributed by atoms with Gasteiger partial charge in [0, 0.05) is 26.1 Å². The molecule has 0 radical (unpaired) electrons. The summed E-state index contributed by atoms with van der Waals surface area (Å²) < 4.78 is 5.13. The van der Waals surface area contributed by atoms with E-state index >= 15 is 0 Å². The Bertz CT molecular complexity index is 230. The van der Waals surface area contributed by atoms with Gasteiger partial charge in [-0.25, -0.2) is 0 Å². The van der Waals surface area contributed by atoms with E-state index in [1.54, 1.807) is 4.90 Å². The molecule has 80 valence electrons.